The first-order valence-corrected chi connectivity index (χ1v) is 10.8. The van der Waals surface area contributed by atoms with E-state index < -0.39 is 21.7 Å². The van der Waals surface area contributed by atoms with Crippen LogP contribution in [0.15, 0.2) is 42.5 Å². The fourth-order valence-electron chi connectivity index (χ4n) is 3.52. The van der Waals surface area contributed by atoms with E-state index >= 15 is 0 Å². The maximum atomic E-state index is 13.2. The van der Waals surface area contributed by atoms with Gasteiger partial charge in [0, 0.05) is 24.3 Å². The molecule has 1 N–H and O–H groups in total. The van der Waals surface area contributed by atoms with Gasteiger partial charge in [0.05, 0.1) is 18.5 Å². The monoisotopic (exact) mass is 419 g/mol. The van der Waals surface area contributed by atoms with Crippen LogP contribution in [0, 0.1) is 5.82 Å². The first-order valence-electron chi connectivity index (χ1n) is 8.99. The number of carbonyl (C=O) groups excluding carboxylic acids is 2. The number of amides is 2. The Hall–Kier alpha value is -2.94. The predicted octanol–water partition coefficient (Wildman–Crippen LogP) is 2.25. The highest BCUT2D eigenvalue weighted by Gasteiger charge is 2.33. The van der Waals surface area contributed by atoms with E-state index in [4.69, 9.17) is 0 Å². The molecule has 1 aliphatic rings. The summed E-state index contributed by atoms with van der Waals surface area (Å²) in [6.07, 6.45) is 1.66. The van der Waals surface area contributed by atoms with Crippen LogP contribution in [0.3, 0.4) is 0 Å². The third-order valence-electron chi connectivity index (χ3n) is 4.67. The Labute approximate surface area is 169 Å². The Morgan fingerprint density at radius 3 is 2.62 bits per heavy atom. The number of hydrogen-bond donors (Lipinski definition) is 1. The van der Waals surface area contributed by atoms with Gasteiger partial charge in [-0.1, -0.05) is 6.07 Å². The molecule has 154 valence electrons. The molecule has 0 aromatic heterocycles. The molecule has 2 aromatic carbocycles. The topological polar surface area (TPSA) is 86.8 Å². The Kier molecular flexibility index (Phi) is 5.61. The Bertz CT molecular complexity index is 1070. The van der Waals surface area contributed by atoms with Crippen LogP contribution >= 0.6 is 0 Å². The maximum absolute atomic E-state index is 13.2. The molecule has 0 radical (unpaired) electrons. The number of rotatable bonds is 5. The highest BCUT2D eigenvalue weighted by Crippen LogP contribution is 2.34. The van der Waals surface area contributed by atoms with E-state index in [9.17, 15) is 22.4 Å². The van der Waals surface area contributed by atoms with E-state index in [1.54, 1.807) is 24.3 Å². The summed E-state index contributed by atoms with van der Waals surface area (Å²) in [5.74, 6) is -1.29. The Morgan fingerprint density at radius 2 is 1.97 bits per heavy atom. The van der Waals surface area contributed by atoms with Crippen LogP contribution in [0.5, 0.6) is 0 Å². The summed E-state index contributed by atoms with van der Waals surface area (Å²) in [6.45, 7) is 1.60. The number of hydrogen-bond acceptors (Lipinski definition) is 4. The molecule has 2 amide bonds. The second-order valence-corrected chi connectivity index (χ2v) is 9.03. The summed E-state index contributed by atoms with van der Waals surface area (Å²) in [6, 6.07) is 10.1. The van der Waals surface area contributed by atoms with Crippen LogP contribution in [0.25, 0.3) is 0 Å². The minimum absolute atomic E-state index is 0.210. The van der Waals surface area contributed by atoms with Crippen molar-refractivity contribution in [3.05, 3.63) is 59.4 Å². The number of carbonyl (C=O) groups is 2. The van der Waals surface area contributed by atoms with Gasteiger partial charge in [0.25, 0.3) is 5.91 Å². The summed E-state index contributed by atoms with van der Waals surface area (Å²) in [7, 11) is -1.91. The summed E-state index contributed by atoms with van der Waals surface area (Å²) >= 11 is 0. The number of anilines is 2. The smallest absolute Gasteiger partial charge is 0.254 e. The van der Waals surface area contributed by atoms with Gasteiger partial charge in [0.1, 0.15) is 5.82 Å². The molecule has 0 fully saturated rings. The minimum Gasteiger partial charge on any atom is -0.332 e. The van der Waals surface area contributed by atoms with E-state index in [0.717, 1.165) is 11.8 Å². The molecule has 0 aliphatic carbocycles. The van der Waals surface area contributed by atoms with Crippen LogP contribution in [-0.4, -0.2) is 51.0 Å². The summed E-state index contributed by atoms with van der Waals surface area (Å²) in [5, 5.41) is 2.54. The Balaban J connectivity index is 1.71. The lowest BCUT2D eigenvalue weighted by Crippen LogP contribution is -2.35. The lowest BCUT2D eigenvalue weighted by atomic mass is 10.1. The molecule has 0 spiro atoms. The fraction of sp³-hybridized carbons (Fsp3) is 0.300. The van der Waals surface area contributed by atoms with Gasteiger partial charge < -0.3 is 10.2 Å². The van der Waals surface area contributed by atoms with Crippen molar-refractivity contribution in [3.63, 3.8) is 0 Å². The molecule has 29 heavy (non-hydrogen) atoms. The highest BCUT2D eigenvalue weighted by molar-refractivity contribution is 7.92. The SMILES string of the molecule is C[C@H]1Cc2cc(C(=O)N(C)CC(=O)Nc3cccc(F)c3)ccc2N1S(C)(=O)=O. The second kappa shape index (κ2) is 7.82. The molecule has 0 saturated heterocycles. The zero-order valence-electron chi connectivity index (χ0n) is 16.3. The van der Waals surface area contributed by atoms with Crippen molar-refractivity contribution in [1.29, 1.82) is 0 Å². The van der Waals surface area contributed by atoms with Crippen molar-refractivity contribution >= 4 is 33.2 Å². The molecule has 1 atom stereocenters. The van der Waals surface area contributed by atoms with Crippen LogP contribution in [0.1, 0.15) is 22.8 Å². The molecule has 0 bridgehead atoms. The molecular weight excluding hydrogens is 397 g/mol. The first kappa shape index (κ1) is 20.8. The quantitative estimate of drug-likeness (QED) is 0.805. The lowest BCUT2D eigenvalue weighted by Gasteiger charge is -2.22. The molecule has 9 heteroatoms. The van der Waals surface area contributed by atoms with Crippen molar-refractivity contribution in [2.75, 3.05) is 29.5 Å². The van der Waals surface area contributed by atoms with Crippen molar-refractivity contribution in [2.45, 2.75) is 19.4 Å². The summed E-state index contributed by atoms with van der Waals surface area (Å²) in [4.78, 5) is 26.1. The van der Waals surface area contributed by atoms with Gasteiger partial charge >= 0.3 is 0 Å². The number of nitrogens with zero attached hydrogens (tertiary/aromatic N) is 2. The minimum atomic E-state index is -3.40. The predicted molar refractivity (Wildman–Crippen MR) is 109 cm³/mol. The van der Waals surface area contributed by atoms with Crippen LogP contribution in [0.4, 0.5) is 15.8 Å². The summed E-state index contributed by atoms with van der Waals surface area (Å²) in [5.41, 5.74) is 2.02. The molecular formula is C20H22FN3O4S. The van der Waals surface area contributed by atoms with E-state index in [2.05, 4.69) is 5.32 Å². The Morgan fingerprint density at radius 1 is 1.24 bits per heavy atom. The molecule has 3 rings (SSSR count). The van der Waals surface area contributed by atoms with Crippen molar-refractivity contribution in [3.8, 4) is 0 Å². The third-order valence-corrected chi connectivity index (χ3v) is 5.94. The first-order chi connectivity index (χ1) is 13.6. The van der Waals surface area contributed by atoms with Gasteiger partial charge in [0.15, 0.2) is 0 Å². The largest absolute Gasteiger partial charge is 0.332 e. The molecule has 2 aromatic rings. The van der Waals surface area contributed by atoms with Gasteiger partial charge in [-0.15, -0.1) is 0 Å². The van der Waals surface area contributed by atoms with Crippen molar-refractivity contribution < 1.29 is 22.4 Å². The number of nitrogens with one attached hydrogen (secondary N) is 1. The van der Waals surface area contributed by atoms with E-state index in [0.29, 0.717) is 23.4 Å². The van der Waals surface area contributed by atoms with Crippen LogP contribution in [-0.2, 0) is 21.2 Å². The number of likely N-dealkylation sites (N-methyl/N-ethyl adjacent to an activating group) is 1. The van der Waals surface area contributed by atoms with Crippen LogP contribution < -0.4 is 9.62 Å². The fourth-order valence-corrected chi connectivity index (χ4v) is 4.78. The van der Waals surface area contributed by atoms with Gasteiger partial charge in [-0.05, 0) is 55.3 Å². The highest BCUT2D eigenvalue weighted by atomic mass is 32.2. The zero-order valence-corrected chi connectivity index (χ0v) is 17.2. The molecule has 0 unspecified atom stereocenters. The molecule has 0 saturated carbocycles. The lowest BCUT2D eigenvalue weighted by molar-refractivity contribution is -0.116. The average molecular weight is 419 g/mol. The zero-order chi connectivity index (χ0) is 21.3. The average Bonchev–Trinajstić information content (AvgIpc) is 2.95. The molecule has 1 heterocycles. The van der Waals surface area contributed by atoms with Crippen molar-refractivity contribution in [1.82, 2.24) is 4.90 Å². The number of benzene rings is 2. The maximum Gasteiger partial charge on any atom is 0.254 e. The van der Waals surface area contributed by atoms with Crippen LogP contribution in [0.2, 0.25) is 0 Å². The normalized spacial score (nSPS) is 15.7. The van der Waals surface area contributed by atoms with E-state index in [1.807, 2.05) is 6.92 Å². The van der Waals surface area contributed by atoms with Gasteiger partial charge in [0.2, 0.25) is 15.9 Å². The van der Waals surface area contributed by atoms with Gasteiger partial charge in [-0.3, -0.25) is 13.9 Å². The molecule has 1 aliphatic heterocycles. The summed E-state index contributed by atoms with van der Waals surface area (Å²) < 4.78 is 38.6. The third kappa shape index (κ3) is 4.56. The van der Waals surface area contributed by atoms with E-state index in [1.165, 1.54) is 34.5 Å². The van der Waals surface area contributed by atoms with E-state index in [-0.39, 0.29) is 18.5 Å². The number of sulfonamides is 1. The van der Waals surface area contributed by atoms with Gasteiger partial charge in [-0.25, -0.2) is 12.8 Å². The van der Waals surface area contributed by atoms with Gasteiger partial charge in [-0.2, -0.15) is 0 Å². The molecule has 7 nitrogen and oxygen atoms in total. The standard InChI is InChI=1S/C20H22FN3O4S/c1-13-9-15-10-14(7-8-18(15)24(13)29(3,27)28)20(26)23(2)12-19(25)22-17-6-4-5-16(21)11-17/h4-8,10-11,13H,9,12H2,1-3H3,(H,22,25)/t13-/m0/s1. The number of halogens is 1. The number of fused-ring (bicyclic) bond motifs is 1. The van der Waals surface area contributed by atoms with Crippen molar-refractivity contribution in [2.24, 2.45) is 0 Å². The second-order valence-electron chi connectivity index (χ2n) is 7.18.